The minimum Gasteiger partial charge on any atom is -0.394 e. The SMILES string of the molecule is O=C1NC(=O)c2c1c1c3cc(F)ccc3n3c1c1c2c2cc(F)ccc2n1C1OC(C3)C(O)C(O)C1O.O=C1NC(=O)c2c1c1c3cc(F)ccc3n3c1c1c2c2cc(F)ccc2n1[C@@H]1O[C@H](CO)[C@@H](O)[C@H](O)[C@@H]13. The average molecular weight is 1010 g/mol. The number of aliphatic hydroxyl groups is 6. The molecule has 6 aliphatic rings. The normalized spacial score (nSPS) is 26.7. The van der Waals surface area contributed by atoms with Crippen LogP contribution < -0.4 is 10.6 Å². The lowest BCUT2D eigenvalue weighted by molar-refractivity contribution is -0.245. The summed E-state index contributed by atoms with van der Waals surface area (Å²) in [7, 11) is 0. The van der Waals surface area contributed by atoms with E-state index in [-0.39, 0.29) is 34.2 Å². The molecule has 2 bridgehead atoms. The second-order valence-electron chi connectivity index (χ2n) is 19.6. The van der Waals surface area contributed by atoms with Crippen LogP contribution in [0.4, 0.5) is 17.6 Å². The van der Waals surface area contributed by atoms with Gasteiger partial charge in [0.15, 0.2) is 12.5 Å². The van der Waals surface area contributed by atoms with Crippen molar-refractivity contribution in [2.75, 3.05) is 6.61 Å². The Labute approximate surface area is 408 Å². The number of ether oxygens (including phenoxy) is 2. The third kappa shape index (κ3) is 5.19. The fraction of sp³-hybridized carbons (Fsp3) is 0.231. The van der Waals surface area contributed by atoms with Crippen molar-refractivity contribution < 1.29 is 76.9 Å². The number of nitrogens with one attached hydrogen (secondary N) is 2. The monoisotopic (exact) mass is 1010 g/mol. The summed E-state index contributed by atoms with van der Waals surface area (Å²) in [4.78, 5) is 52.5. The van der Waals surface area contributed by atoms with Gasteiger partial charge in [0, 0.05) is 54.1 Å². The van der Waals surface area contributed by atoms with Crippen LogP contribution >= 0.6 is 0 Å². The van der Waals surface area contributed by atoms with Crippen LogP contribution in [0.2, 0.25) is 0 Å². The van der Waals surface area contributed by atoms with Crippen LogP contribution in [0, 0.1) is 23.3 Å². The Morgan fingerprint density at radius 1 is 0.473 bits per heavy atom. The van der Waals surface area contributed by atoms with E-state index >= 15 is 0 Å². The molecule has 10 heterocycles. The number of rotatable bonds is 1. The maximum atomic E-state index is 14.6. The zero-order valence-corrected chi connectivity index (χ0v) is 37.5. The molecule has 16 rings (SSSR count). The molecule has 2 fully saturated rings. The van der Waals surface area contributed by atoms with Crippen molar-refractivity contribution in [1.82, 2.24) is 28.9 Å². The molecule has 372 valence electrons. The van der Waals surface area contributed by atoms with Gasteiger partial charge in [0.1, 0.15) is 72.0 Å². The van der Waals surface area contributed by atoms with Gasteiger partial charge in [-0.25, -0.2) is 17.6 Å². The predicted octanol–water partition coefficient (Wildman–Crippen LogP) is 4.29. The molecule has 10 atom stereocenters. The molecule has 22 heteroatoms. The first-order chi connectivity index (χ1) is 35.6. The molecule has 0 saturated carbocycles. The smallest absolute Gasteiger partial charge is 0.259 e. The standard InChI is InChI=1S/2C26H17F2N3O6/c27-8-1-3-12-10(5-8)15-17-18(25(36)29-24(17)35)16-11-6-9(28)2-4-13(11)31-20(16)19(15)30(12)21-23(34)22(33)14(7-32)37-26(21)31;27-8-1-3-12-10(5-8)15-17-18(25(36)29-24(17)35)16-11-6-9(28)2-4-13(11)31-20(16)19(15)30(12)7-14-21(32)22(33)23(34)26(31)37-14/h2*1-6,14,21-23,26,32-34H,7H2,(H,29,35,36)/t14-,21+,22-,23-,26-;/m1./s1. The number of hydrogen-bond acceptors (Lipinski definition) is 12. The van der Waals surface area contributed by atoms with E-state index in [1.165, 1.54) is 72.8 Å². The van der Waals surface area contributed by atoms with E-state index < -0.39 is 115 Å². The second-order valence-corrected chi connectivity index (χ2v) is 19.6. The minimum absolute atomic E-state index is 0.00752. The molecule has 2 saturated heterocycles. The Balaban J connectivity index is 0.000000131. The van der Waals surface area contributed by atoms with Crippen LogP contribution in [-0.2, 0) is 16.0 Å². The molecule has 0 radical (unpaired) electrons. The van der Waals surface area contributed by atoms with Crippen LogP contribution in [0.5, 0.6) is 0 Å². The van der Waals surface area contributed by atoms with Crippen molar-refractivity contribution in [3.63, 3.8) is 0 Å². The summed E-state index contributed by atoms with van der Waals surface area (Å²) < 4.78 is 77.2. The molecule has 6 aromatic carbocycles. The summed E-state index contributed by atoms with van der Waals surface area (Å²) >= 11 is 0. The van der Waals surface area contributed by atoms with Gasteiger partial charge in [-0.1, -0.05) is 0 Å². The maximum absolute atomic E-state index is 14.6. The summed E-state index contributed by atoms with van der Waals surface area (Å²) in [6.07, 6.45) is -11.8. The van der Waals surface area contributed by atoms with E-state index in [1.807, 2.05) is 0 Å². The van der Waals surface area contributed by atoms with Gasteiger partial charge in [0.05, 0.1) is 68.5 Å². The van der Waals surface area contributed by atoms with Gasteiger partial charge >= 0.3 is 0 Å². The van der Waals surface area contributed by atoms with Crippen LogP contribution in [0.25, 0.3) is 87.2 Å². The summed E-state index contributed by atoms with van der Waals surface area (Å²) in [5, 5.41) is 71.8. The number of carbonyl (C=O) groups excluding carboxylic acids is 4. The van der Waals surface area contributed by atoms with E-state index in [1.54, 1.807) is 18.3 Å². The predicted molar refractivity (Wildman–Crippen MR) is 252 cm³/mol. The van der Waals surface area contributed by atoms with Gasteiger partial charge in [0.2, 0.25) is 0 Å². The Kier molecular flexibility index (Phi) is 8.57. The summed E-state index contributed by atoms with van der Waals surface area (Å²) in [6.45, 7) is -0.578. The minimum atomic E-state index is -1.57. The number of amides is 4. The van der Waals surface area contributed by atoms with E-state index in [4.69, 9.17) is 9.47 Å². The lowest BCUT2D eigenvalue weighted by atomic mass is 9.93. The van der Waals surface area contributed by atoms with E-state index in [2.05, 4.69) is 10.6 Å². The number of imide groups is 2. The van der Waals surface area contributed by atoms with Crippen LogP contribution in [0.3, 0.4) is 0 Å². The Morgan fingerprint density at radius 3 is 1.36 bits per heavy atom. The molecule has 5 unspecified atom stereocenters. The van der Waals surface area contributed by atoms with Gasteiger partial charge in [-0.05, 0) is 72.8 Å². The molecular weight excluding hydrogens is 977 g/mol. The van der Waals surface area contributed by atoms with E-state index in [9.17, 15) is 67.4 Å². The van der Waals surface area contributed by atoms with Gasteiger partial charge in [0.25, 0.3) is 23.6 Å². The Morgan fingerprint density at radius 2 is 0.878 bits per heavy atom. The number of aliphatic hydroxyl groups excluding tert-OH is 6. The van der Waals surface area contributed by atoms with E-state index in [0.29, 0.717) is 81.8 Å². The fourth-order valence-corrected chi connectivity index (χ4v) is 13.1. The highest BCUT2D eigenvalue weighted by atomic mass is 19.1. The third-order valence-electron chi connectivity index (χ3n) is 16.0. The van der Waals surface area contributed by atoms with Crippen molar-refractivity contribution in [1.29, 1.82) is 0 Å². The number of nitrogens with zero attached hydrogens (tertiary/aromatic N) is 4. The zero-order chi connectivity index (χ0) is 51.0. The summed E-state index contributed by atoms with van der Waals surface area (Å²) in [5.41, 5.74) is 3.67. The van der Waals surface area contributed by atoms with Crippen LogP contribution in [-0.4, -0.2) is 122 Å². The van der Waals surface area contributed by atoms with Crippen molar-refractivity contribution in [2.24, 2.45) is 0 Å². The van der Waals surface area contributed by atoms with Crippen molar-refractivity contribution in [2.45, 2.75) is 67.8 Å². The van der Waals surface area contributed by atoms with Gasteiger partial charge in [-0.15, -0.1) is 0 Å². The zero-order valence-electron chi connectivity index (χ0n) is 37.5. The highest BCUT2D eigenvalue weighted by molar-refractivity contribution is 6.41. The number of fused-ring (bicyclic) bond motifs is 24. The van der Waals surface area contributed by atoms with Crippen LogP contribution in [0.15, 0.2) is 72.8 Å². The summed E-state index contributed by atoms with van der Waals surface area (Å²) in [6, 6.07) is 15.1. The van der Waals surface area contributed by atoms with Gasteiger partial charge in [-0.3, -0.25) is 29.8 Å². The number of hydrogen-bond donors (Lipinski definition) is 8. The average Bonchev–Trinajstić information content (AvgIpc) is 4.21. The fourth-order valence-electron chi connectivity index (χ4n) is 13.1. The quantitative estimate of drug-likeness (QED) is 0.0848. The number of benzene rings is 6. The highest BCUT2D eigenvalue weighted by Gasteiger charge is 2.52. The largest absolute Gasteiger partial charge is 0.394 e. The topological polar surface area (TPSA) is 252 Å². The molecule has 4 amide bonds. The molecule has 6 aliphatic heterocycles. The molecular formula is C52H34F4N6O12. The first-order valence-electron chi connectivity index (χ1n) is 23.4. The first-order valence-corrected chi connectivity index (χ1v) is 23.4. The van der Waals surface area contributed by atoms with Crippen molar-refractivity contribution in [3.05, 3.63) is 118 Å². The Hall–Kier alpha value is -7.80. The molecule has 8 N–H and O–H groups in total. The number of carbonyl (C=O) groups is 4. The molecule has 10 aromatic rings. The maximum Gasteiger partial charge on any atom is 0.259 e. The lowest BCUT2D eigenvalue weighted by Gasteiger charge is -2.46. The highest BCUT2D eigenvalue weighted by Crippen LogP contribution is 2.55. The number of aromatic nitrogens is 4. The number of halogens is 4. The molecule has 0 spiro atoms. The Bertz CT molecular complexity index is 4360. The second kappa shape index (κ2) is 14.5. The van der Waals surface area contributed by atoms with Gasteiger partial charge in [-0.2, -0.15) is 0 Å². The molecule has 18 nitrogen and oxygen atoms in total. The summed E-state index contributed by atoms with van der Waals surface area (Å²) in [5.74, 6) is -4.91. The van der Waals surface area contributed by atoms with Gasteiger partial charge < -0.3 is 58.4 Å². The third-order valence-corrected chi connectivity index (χ3v) is 16.0. The van der Waals surface area contributed by atoms with Crippen LogP contribution in [0.1, 0.15) is 59.9 Å². The molecule has 4 aromatic heterocycles. The molecule has 0 aliphatic carbocycles. The van der Waals surface area contributed by atoms with E-state index in [0.717, 1.165) is 0 Å². The lowest BCUT2D eigenvalue weighted by Crippen LogP contribution is -2.56. The first kappa shape index (κ1) is 43.8. The molecule has 74 heavy (non-hydrogen) atoms. The van der Waals surface area contributed by atoms with Crippen molar-refractivity contribution in [3.8, 4) is 0 Å². The van der Waals surface area contributed by atoms with Crippen molar-refractivity contribution >= 4 is 111 Å².